The molecular weight excluding hydrogens is 292 g/mol. The standard InChI is InChI=1S/C13H14N4O3S/c1-8-11(7-15-16-8)13(18)17-5-4-9-6-10(21(14,19)20)2-3-12(9)17/h2-3,6-7H,4-5H2,1H3,(H,15,16)(H2,14,19,20). The number of nitrogens with zero attached hydrogens (tertiary/aromatic N) is 2. The largest absolute Gasteiger partial charge is 0.308 e. The fourth-order valence-electron chi connectivity index (χ4n) is 2.48. The lowest BCUT2D eigenvalue weighted by molar-refractivity contribution is 0.0989. The number of hydrogen-bond acceptors (Lipinski definition) is 4. The minimum atomic E-state index is -3.73. The molecule has 0 atom stereocenters. The number of H-pyrrole nitrogens is 1. The molecule has 1 amide bonds. The highest BCUT2D eigenvalue weighted by Gasteiger charge is 2.28. The van der Waals surface area contributed by atoms with Gasteiger partial charge < -0.3 is 4.90 Å². The van der Waals surface area contributed by atoms with E-state index in [1.807, 2.05) is 0 Å². The molecule has 2 aromatic rings. The zero-order valence-corrected chi connectivity index (χ0v) is 12.1. The Hall–Kier alpha value is -2.19. The number of aryl methyl sites for hydroxylation is 1. The number of carbonyl (C=O) groups excluding carboxylic acids is 1. The molecule has 1 aromatic heterocycles. The van der Waals surface area contributed by atoms with Crippen molar-refractivity contribution >= 4 is 21.6 Å². The van der Waals surface area contributed by atoms with Crippen molar-refractivity contribution in [3.63, 3.8) is 0 Å². The van der Waals surface area contributed by atoms with Gasteiger partial charge in [-0.25, -0.2) is 13.6 Å². The van der Waals surface area contributed by atoms with Crippen LogP contribution in [0.25, 0.3) is 0 Å². The third kappa shape index (κ3) is 2.32. The van der Waals surface area contributed by atoms with Gasteiger partial charge in [-0.15, -0.1) is 0 Å². The number of aromatic amines is 1. The quantitative estimate of drug-likeness (QED) is 0.845. The Morgan fingerprint density at radius 1 is 1.43 bits per heavy atom. The van der Waals surface area contributed by atoms with Crippen molar-refractivity contribution in [1.82, 2.24) is 10.2 Å². The number of fused-ring (bicyclic) bond motifs is 1. The monoisotopic (exact) mass is 306 g/mol. The number of benzene rings is 1. The lowest BCUT2D eigenvalue weighted by Crippen LogP contribution is -2.29. The Balaban J connectivity index is 1.98. The summed E-state index contributed by atoms with van der Waals surface area (Å²) in [5.41, 5.74) is 2.73. The van der Waals surface area contributed by atoms with Crippen LogP contribution < -0.4 is 10.0 Å². The highest BCUT2D eigenvalue weighted by atomic mass is 32.2. The fraction of sp³-hybridized carbons (Fsp3) is 0.231. The van der Waals surface area contributed by atoms with E-state index in [-0.39, 0.29) is 10.8 Å². The molecule has 21 heavy (non-hydrogen) atoms. The van der Waals surface area contributed by atoms with Crippen LogP contribution in [0.2, 0.25) is 0 Å². The molecule has 110 valence electrons. The molecule has 0 saturated carbocycles. The first-order valence-corrected chi connectivity index (χ1v) is 7.90. The van der Waals surface area contributed by atoms with Crippen LogP contribution in [0.4, 0.5) is 5.69 Å². The lowest BCUT2D eigenvalue weighted by atomic mass is 10.1. The number of nitrogens with one attached hydrogen (secondary N) is 1. The molecule has 1 aliphatic rings. The number of anilines is 1. The molecule has 0 aliphatic carbocycles. The van der Waals surface area contributed by atoms with Crippen LogP contribution >= 0.6 is 0 Å². The molecule has 0 spiro atoms. The summed E-state index contributed by atoms with van der Waals surface area (Å²) in [5.74, 6) is -0.150. The molecule has 1 aromatic carbocycles. The maximum atomic E-state index is 12.5. The average molecular weight is 306 g/mol. The maximum absolute atomic E-state index is 12.5. The van der Waals surface area contributed by atoms with Gasteiger partial charge in [0.15, 0.2) is 0 Å². The van der Waals surface area contributed by atoms with Gasteiger partial charge in [0, 0.05) is 17.9 Å². The van der Waals surface area contributed by atoms with Gasteiger partial charge in [0.05, 0.1) is 16.7 Å². The lowest BCUT2D eigenvalue weighted by Gasteiger charge is -2.17. The summed E-state index contributed by atoms with van der Waals surface area (Å²) in [4.78, 5) is 14.2. The Morgan fingerprint density at radius 2 is 2.19 bits per heavy atom. The van der Waals surface area contributed by atoms with Gasteiger partial charge in [-0.2, -0.15) is 5.10 Å². The van der Waals surface area contributed by atoms with E-state index in [4.69, 9.17) is 5.14 Å². The van der Waals surface area contributed by atoms with Crippen molar-refractivity contribution in [3.8, 4) is 0 Å². The van der Waals surface area contributed by atoms with E-state index in [1.54, 1.807) is 17.9 Å². The molecule has 7 nitrogen and oxygen atoms in total. The van der Waals surface area contributed by atoms with Crippen molar-refractivity contribution < 1.29 is 13.2 Å². The van der Waals surface area contributed by atoms with Crippen molar-refractivity contribution in [2.24, 2.45) is 5.14 Å². The van der Waals surface area contributed by atoms with Gasteiger partial charge in [-0.1, -0.05) is 0 Å². The molecule has 0 radical (unpaired) electrons. The number of nitrogens with two attached hydrogens (primary N) is 1. The summed E-state index contributed by atoms with van der Waals surface area (Å²) >= 11 is 0. The van der Waals surface area contributed by atoms with Crippen LogP contribution in [-0.4, -0.2) is 31.1 Å². The van der Waals surface area contributed by atoms with Crippen molar-refractivity contribution in [1.29, 1.82) is 0 Å². The number of hydrogen-bond donors (Lipinski definition) is 2. The van der Waals surface area contributed by atoms with Crippen LogP contribution in [0, 0.1) is 6.92 Å². The van der Waals surface area contributed by atoms with E-state index < -0.39 is 10.0 Å². The Morgan fingerprint density at radius 3 is 2.81 bits per heavy atom. The third-order valence-electron chi connectivity index (χ3n) is 3.58. The summed E-state index contributed by atoms with van der Waals surface area (Å²) in [5, 5.41) is 11.7. The van der Waals surface area contributed by atoms with Crippen LogP contribution in [0.3, 0.4) is 0 Å². The Bertz CT molecular complexity index is 826. The van der Waals surface area contributed by atoms with Crippen molar-refractivity contribution in [2.75, 3.05) is 11.4 Å². The van der Waals surface area contributed by atoms with E-state index in [2.05, 4.69) is 10.2 Å². The van der Waals surface area contributed by atoms with Crippen molar-refractivity contribution in [2.45, 2.75) is 18.2 Å². The first-order valence-electron chi connectivity index (χ1n) is 6.35. The van der Waals surface area contributed by atoms with Gasteiger partial charge in [-0.05, 0) is 37.1 Å². The molecule has 0 fully saturated rings. The number of aromatic nitrogens is 2. The van der Waals surface area contributed by atoms with E-state index in [0.717, 1.165) is 5.56 Å². The van der Waals surface area contributed by atoms with E-state index >= 15 is 0 Å². The summed E-state index contributed by atoms with van der Waals surface area (Å²) < 4.78 is 22.7. The van der Waals surface area contributed by atoms with Crippen molar-refractivity contribution in [3.05, 3.63) is 41.2 Å². The van der Waals surface area contributed by atoms with Gasteiger partial charge in [-0.3, -0.25) is 9.89 Å². The topological polar surface area (TPSA) is 109 Å². The molecule has 3 N–H and O–H groups in total. The highest BCUT2D eigenvalue weighted by molar-refractivity contribution is 7.89. The first kappa shape index (κ1) is 13.8. The summed E-state index contributed by atoms with van der Waals surface area (Å²) in [6.07, 6.45) is 2.09. The smallest absolute Gasteiger partial charge is 0.261 e. The van der Waals surface area contributed by atoms with Gasteiger partial charge in [0.2, 0.25) is 10.0 Å². The molecule has 0 saturated heterocycles. The summed E-state index contributed by atoms with van der Waals surface area (Å²) in [6.45, 7) is 2.29. The number of sulfonamides is 1. The SMILES string of the molecule is Cc1[nH]ncc1C(=O)N1CCc2cc(S(N)(=O)=O)ccc21. The van der Waals surface area contributed by atoms with Crippen LogP contribution in [0.15, 0.2) is 29.3 Å². The molecule has 0 bridgehead atoms. The zero-order valence-electron chi connectivity index (χ0n) is 11.3. The second-order valence-corrected chi connectivity index (χ2v) is 6.51. The fourth-order valence-corrected chi connectivity index (χ4v) is 3.04. The predicted molar refractivity (Wildman–Crippen MR) is 76.5 cm³/mol. The predicted octanol–water partition coefficient (Wildman–Crippen LogP) is 0.568. The van der Waals surface area contributed by atoms with Crippen LogP contribution in [0.5, 0.6) is 0 Å². The number of primary sulfonamides is 1. The zero-order chi connectivity index (χ0) is 15.2. The summed E-state index contributed by atoms with van der Waals surface area (Å²) in [7, 11) is -3.73. The molecule has 2 heterocycles. The van der Waals surface area contributed by atoms with E-state index in [0.29, 0.717) is 29.9 Å². The maximum Gasteiger partial charge on any atom is 0.261 e. The van der Waals surface area contributed by atoms with Crippen LogP contribution in [-0.2, 0) is 16.4 Å². The normalized spacial score (nSPS) is 14.3. The van der Waals surface area contributed by atoms with Gasteiger partial charge >= 0.3 is 0 Å². The third-order valence-corrected chi connectivity index (χ3v) is 4.49. The van der Waals surface area contributed by atoms with Crippen LogP contribution in [0.1, 0.15) is 21.6 Å². The second-order valence-electron chi connectivity index (χ2n) is 4.95. The Kier molecular flexibility index (Phi) is 3.07. The van der Waals surface area contributed by atoms with E-state index in [1.165, 1.54) is 18.3 Å². The molecule has 8 heteroatoms. The highest BCUT2D eigenvalue weighted by Crippen LogP contribution is 2.31. The number of rotatable bonds is 2. The minimum Gasteiger partial charge on any atom is -0.308 e. The molecule has 3 rings (SSSR count). The number of amides is 1. The first-order chi connectivity index (χ1) is 9.88. The van der Waals surface area contributed by atoms with Gasteiger partial charge in [0.25, 0.3) is 5.91 Å². The summed E-state index contributed by atoms with van der Waals surface area (Å²) in [6, 6.07) is 4.57. The second kappa shape index (κ2) is 4.68. The number of carbonyl (C=O) groups is 1. The minimum absolute atomic E-state index is 0.0649. The molecular formula is C13H14N4O3S. The Labute approximate surface area is 121 Å². The van der Waals surface area contributed by atoms with E-state index in [9.17, 15) is 13.2 Å². The molecule has 0 unspecified atom stereocenters. The molecule has 1 aliphatic heterocycles. The average Bonchev–Trinajstić information content (AvgIpc) is 3.02. The van der Waals surface area contributed by atoms with Gasteiger partial charge in [0.1, 0.15) is 0 Å².